The maximum atomic E-state index is 11.1. The Bertz CT molecular complexity index is 475. The molecule has 0 fully saturated rings. The summed E-state index contributed by atoms with van der Waals surface area (Å²) in [5, 5.41) is 14.5. The van der Waals surface area contributed by atoms with Crippen LogP contribution in [0.1, 0.15) is 52.5 Å². The van der Waals surface area contributed by atoms with Crippen LogP contribution >= 0.6 is 0 Å². The van der Waals surface area contributed by atoms with Crippen molar-refractivity contribution in [3.8, 4) is 5.75 Å². The normalized spacial score (nSPS) is 14.0. The Labute approximate surface area is 126 Å². The fraction of sp³-hybridized carbons (Fsp3) is 0.625. The molecule has 0 aliphatic heterocycles. The molecular formula is C16H26N2O3. The van der Waals surface area contributed by atoms with E-state index in [-0.39, 0.29) is 11.8 Å². The smallest absolute Gasteiger partial charge is 0.310 e. The second-order valence-corrected chi connectivity index (χ2v) is 5.51. The fourth-order valence-corrected chi connectivity index (χ4v) is 2.60. The first kappa shape index (κ1) is 17.4. The molecule has 1 aromatic rings. The highest BCUT2D eigenvalue weighted by molar-refractivity contribution is 5.49. The van der Waals surface area contributed by atoms with Gasteiger partial charge in [0.05, 0.1) is 11.0 Å². The van der Waals surface area contributed by atoms with E-state index < -0.39 is 4.92 Å². The van der Waals surface area contributed by atoms with E-state index in [0.29, 0.717) is 17.7 Å². The summed E-state index contributed by atoms with van der Waals surface area (Å²) >= 11 is 0. The van der Waals surface area contributed by atoms with E-state index in [1.54, 1.807) is 6.07 Å². The van der Waals surface area contributed by atoms with Crippen molar-refractivity contribution < 1.29 is 9.66 Å². The van der Waals surface area contributed by atoms with Crippen LogP contribution in [-0.4, -0.2) is 23.6 Å². The number of nitrogens with zero attached hydrogens (tertiary/aromatic N) is 1. The summed E-state index contributed by atoms with van der Waals surface area (Å²) < 4.78 is 5.62. The van der Waals surface area contributed by atoms with E-state index >= 15 is 0 Å². The number of hydrogen-bond donors (Lipinski definition) is 1. The van der Waals surface area contributed by atoms with Gasteiger partial charge in [0.1, 0.15) is 0 Å². The number of rotatable bonds is 8. The third-order valence-corrected chi connectivity index (χ3v) is 3.54. The van der Waals surface area contributed by atoms with Gasteiger partial charge in [-0.25, -0.2) is 0 Å². The van der Waals surface area contributed by atoms with Crippen molar-refractivity contribution >= 4 is 5.69 Å². The van der Waals surface area contributed by atoms with Crippen LogP contribution in [0, 0.1) is 10.1 Å². The molecule has 2 atom stereocenters. The molecule has 5 heteroatoms. The van der Waals surface area contributed by atoms with E-state index in [1.807, 2.05) is 26.0 Å². The predicted octanol–water partition coefficient (Wildman–Crippen LogP) is 3.87. The van der Waals surface area contributed by atoms with E-state index in [1.165, 1.54) is 0 Å². The lowest BCUT2D eigenvalue weighted by Gasteiger charge is -2.24. The van der Waals surface area contributed by atoms with Crippen LogP contribution in [-0.2, 0) is 0 Å². The zero-order chi connectivity index (χ0) is 16.0. The Morgan fingerprint density at radius 3 is 2.43 bits per heavy atom. The van der Waals surface area contributed by atoms with Gasteiger partial charge in [0, 0.05) is 12.1 Å². The lowest BCUT2D eigenvalue weighted by Crippen LogP contribution is -2.31. The summed E-state index contributed by atoms with van der Waals surface area (Å²) in [5.41, 5.74) is 1.10. The topological polar surface area (TPSA) is 64.4 Å². The number of nitro benzene ring substituents is 1. The molecular weight excluding hydrogens is 268 g/mol. The van der Waals surface area contributed by atoms with Gasteiger partial charge in [-0.1, -0.05) is 19.9 Å². The summed E-state index contributed by atoms with van der Waals surface area (Å²) in [7, 11) is 0. The number of ether oxygens (including phenoxy) is 1. The van der Waals surface area contributed by atoms with Crippen molar-refractivity contribution in [2.24, 2.45) is 0 Å². The van der Waals surface area contributed by atoms with Crippen LogP contribution in [0.3, 0.4) is 0 Å². The fourth-order valence-electron chi connectivity index (χ4n) is 2.60. The Balaban J connectivity index is 3.15. The first-order chi connectivity index (χ1) is 9.90. The summed E-state index contributed by atoms with van der Waals surface area (Å²) in [5.74, 6) is 0.662. The summed E-state index contributed by atoms with van der Waals surface area (Å²) in [6.07, 6.45) is 0.873. The first-order valence-corrected chi connectivity index (χ1v) is 7.59. The van der Waals surface area contributed by atoms with Crippen molar-refractivity contribution in [2.45, 2.75) is 59.1 Å². The van der Waals surface area contributed by atoms with Gasteiger partial charge in [-0.3, -0.25) is 10.1 Å². The second kappa shape index (κ2) is 7.98. The molecule has 1 N–H and O–H groups in total. The van der Waals surface area contributed by atoms with Gasteiger partial charge in [0.25, 0.3) is 0 Å². The van der Waals surface area contributed by atoms with Gasteiger partial charge in [0.2, 0.25) is 0 Å². The molecule has 1 rings (SSSR count). The van der Waals surface area contributed by atoms with Crippen LogP contribution in [0.25, 0.3) is 0 Å². The third-order valence-electron chi connectivity index (χ3n) is 3.54. The van der Waals surface area contributed by atoms with Crippen LogP contribution in [0.5, 0.6) is 5.75 Å². The highest BCUT2D eigenvalue weighted by Gasteiger charge is 2.22. The van der Waals surface area contributed by atoms with Crippen molar-refractivity contribution in [3.63, 3.8) is 0 Å². The molecule has 0 saturated carbocycles. The average Bonchev–Trinajstić information content (AvgIpc) is 2.39. The SMILES string of the molecule is CCNC(C)C(CC)c1ccc([N+](=O)[O-])c(OC(C)C)c1. The largest absolute Gasteiger partial charge is 0.484 e. The van der Waals surface area contributed by atoms with Gasteiger partial charge in [-0.15, -0.1) is 0 Å². The van der Waals surface area contributed by atoms with Crippen LogP contribution in [0.2, 0.25) is 0 Å². The summed E-state index contributed by atoms with van der Waals surface area (Å²) in [6.45, 7) is 11.0. The Kier molecular flexibility index (Phi) is 6.62. The predicted molar refractivity (Wildman–Crippen MR) is 85.0 cm³/mol. The molecule has 0 bridgehead atoms. The third kappa shape index (κ3) is 4.70. The Hall–Kier alpha value is -1.62. The number of benzene rings is 1. The van der Waals surface area contributed by atoms with E-state index in [0.717, 1.165) is 18.5 Å². The second-order valence-electron chi connectivity index (χ2n) is 5.51. The molecule has 0 aromatic heterocycles. The summed E-state index contributed by atoms with van der Waals surface area (Å²) in [4.78, 5) is 10.7. The molecule has 0 radical (unpaired) electrons. The zero-order valence-electron chi connectivity index (χ0n) is 13.6. The van der Waals surface area contributed by atoms with Crippen LogP contribution in [0.4, 0.5) is 5.69 Å². The minimum absolute atomic E-state index is 0.0263. The van der Waals surface area contributed by atoms with Crippen LogP contribution < -0.4 is 10.1 Å². The Morgan fingerprint density at radius 1 is 1.29 bits per heavy atom. The Morgan fingerprint density at radius 2 is 1.95 bits per heavy atom. The van der Waals surface area contributed by atoms with Crippen molar-refractivity contribution in [1.82, 2.24) is 5.32 Å². The molecule has 0 heterocycles. The molecule has 0 spiro atoms. The number of nitro groups is 1. The zero-order valence-corrected chi connectivity index (χ0v) is 13.6. The van der Waals surface area contributed by atoms with Crippen LogP contribution in [0.15, 0.2) is 18.2 Å². The van der Waals surface area contributed by atoms with Crippen molar-refractivity contribution in [1.29, 1.82) is 0 Å². The molecule has 1 aromatic carbocycles. The van der Waals surface area contributed by atoms with Gasteiger partial charge in [-0.2, -0.15) is 0 Å². The molecule has 118 valence electrons. The molecule has 0 aliphatic rings. The number of nitrogens with one attached hydrogen (secondary N) is 1. The highest BCUT2D eigenvalue weighted by atomic mass is 16.6. The van der Waals surface area contributed by atoms with Crippen molar-refractivity contribution in [2.75, 3.05) is 6.54 Å². The van der Waals surface area contributed by atoms with Gasteiger partial charge < -0.3 is 10.1 Å². The minimum atomic E-state index is -0.393. The molecule has 0 aliphatic carbocycles. The number of likely N-dealkylation sites (N-methyl/N-ethyl adjacent to an activating group) is 1. The molecule has 5 nitrogen and oxygen atoms in total. The quantitative estimate of drug-likeness (QED) is 0.584. The standard InChI is InChI=1S/C16H26N2O3/c1-6-14(12(5)17-7-2)13-8-9-15(18(19)20)16(10-13)21-11(3)4/h8-12,14,17H,6-7H2,1-5H3. The molecule has 21 heavy (non-hydrogen) atoms. The number of hydrogen-bond acceptors (Lipinski definition) is 4. The summed E-state index contributed by atoms with van der Waals surface area (Å²) in [6, 6.07) is 5.52. The van der Waals surface area contributed by atoms with E-state index in [9.17, 15) is 10.1 Å². The maximum absolute atomic E-state index is 11.1. The van der Waals surface area contributed by atoms with Gasteiger partial charge in [0.15, 0.2) is 5.75 Å². The maximum Gasteiger partial charge on any atom is 0.310 e. The molecule has 2 unspecified atom stereocenters. The molecule has 0 saturated heterocycles. The lowest BCUT2D eigenvalue weighted by atomic mass is 9.89. The minimum Gasteiger partial charge on any atom is -0.484 e. The van der Waals surface area contributed by atoms with E-state index in [4.69, 9.17) is 4.74 Å². The van der Waals surface area contributed by atoms with Crippen molar-refractivity contribution in [3.05, 3.63) is 33.9 Å². The average molecular weight is 294 g/mol. The van der Waals surface area contributed by atoms with E-state index in [2.05, 4.69) is 26.1 Å². The highest BCUT2D eigenvalue weighted by Crippen LogP contribution is 2.33. The first-order valence-electron chi connectivity index (χ1n) is 7.59. The lowest BCUT2D eigenvalue weighted by molar-refractivity contribution is -0.386. The molecule has 0 amide bonds. The van der Waals surface area contributed by atoms with Gasteiger partial charge >= 0.3 is 5.69 Å². The monoisotopic (exact) mass is 294 g/mol. The van der Waals surface area contributed by atoms with Gasteiger partial charge in [-0.05, 0) is 51.3 Å².